The van der Waals surface area contributed by atoms with E-state index in [1.165, 1.54) is 11.1 Å². The molecule has 0 heterocycles. The van der Waals surface area contributed by atoms with Crippen LogP contribution in [0.4, 0.5) is 0 Å². The van der Waals surface area contributed by atoms with Gasteiger partial charge in [0, 0.05) is 0 Å². The Bertz CT molecular complexity index is 489. The zero-order valence-electron chi connectivity index (χ0n) is 18.4. The summed E-state index contributed by atoms with van der Waals surface area (Å²) < 4.78 is 0. The van der Waals surface area contributed by atoms with Crippen LogP contribution < -0.4 is 0 Å². The standard InChI is InChI=1S/C12H18.C9H12.2C2H6/c1-10(12(2,3)4)11-8-6-5-7-9-11;1-8(2)9-6-4-3-5-7-9;2*1-2/h5-10H,1-4H3;3-8H,1-2H3;2*1-2H3. The smallest absolute Gasteiger partial charge is 0.0142 e. The molecule has 0 radical (unpaired) electrons. The van der Waals surface area contributed by atoms with Crippen molar-refractivity contribution in [3.63, 3.8) is 0 Å². The molecule has 0 fully saturated rings. The van der Waals surface area contributed by atoms with Crippen LogP contribution in [0, 0.1) is 5.41 Å². The van der Waals surface area contributed by atoms with E-state index in [-0.39, 0.29) is 0 Å². The predicted octanol–water partition coefficient (Wildman–Crippen LogP) is 8.70. The van der Waals surface area contributed by atoms with Crippen LogP contribution in [0.1, 0.15) is 92.2 Å². The summed E-state index contributed by atoms with van der Waals surface area (Å²) in [5.41, 5.74) is 3.21. The van der Waals surface area contributed by atoms with E-state index >= 15 is 0 Å². The maximum Gasteiger partial charge on any atom is -0.0142 e. The van der Waals surface area contributed by atoms with Gasteiger partial charge in [-0.15, -0.1) is 0 Å². The Labute approximate surface area is 158 Å². The normalized spacial score (nSPS) is 11.0. The van der Waals surface area contributed by atoms with Crippen molar-refractivity contribution in [1.29, 1.82) is 0 Å². The second-order valence-corrected chi connectivity index (χ2v) is 7.06. The minimum Gasteiger partial charge on any atom is -0.0683 e. The van der Waals surface area contributed by atoms with Crippen LogP contribution in [0.15, 0.2) is 60.7 Å². The first-order valence-electron chi connectivity index (χ1n) is 9.92. The molecule has 2 rings (SSSR count). The van der Waals surface area contributed by atoms with E-state index in [0.29, 0.717) is 17.3 Å². The molecular formula is C25H42. The van der Waals surface area contributed by atoms with Crippen molar-refractivity contribution >= 4 is 0 Å². The van der Waals surface area contributed by atoms with E-state index in [1.54, 1.807) is 0 Å². The minimum absolute atomic E-state index is 0.362. The quantitative estimate of drug-likeness (QED) is 0.512. The van der Waals surface area contributed by atoms with Gasteiger partial charge >= 0.3 is 0 Å². The van der Waals surface area contributed by atoms with Gasteiger partial charge in [-0.25, -0.2) is 0 Å². The topological polar surface area (TPSA) is 0 Å². The highest BCUT2D eigenvalue weighted by molar-refractivity contribution is 5.20. The average molecular weight is 343 g/mol. The molecule has 0 amide bonds. The first-order chi connectivity index (χ1) is 11.8. The molecule has 1 atom stereocenters. The van der Waals surface area contributed by atoms with Gasteiger partial charge in [0.25, 0.3) is 0 Å². The Balaban J connectivity index is 0. The molecule has 0 aromatic heterocycles. The molecule has 0 saturated carbocycles. The zero-order chi connectivity index (χ0) is 19.9. The van der Waals surface area contributed by atoms with E-state index in [1.807, 2.05) is 33.8 Å². The van der Waals surface area contributed by atoms with Crippen molar-refractivity contribution in [1.82, 2.24) is 0 Å². The van der Waals surface area contributed by atoms with Gasteiger partial charge in [-0.3, -0.25) is 0 Å². The van der Waals surface area contributed by atoms with Crippen molar-refractivity contribution in [2.24, 2.45) is 5.41 Å². The lowest BCUT2D eigenvalue weighted by Gasteiger charge is -2.27. The largest absolute Gasteiger partial charge is 0.0683 e. The molecule has 2 aromatic rings. The molecule has 25 heavy (non-hydrogen) atoms. The molecule has 0 bridgehead atoms. The summed E-state index contributed by atoms with van der Waals surface area (Å²) in [5.74, 6) is 1.28. The fraction of sp³-hybridized carbons (Fsp3) is 0.520. The summed E-state index contributed by atoms with van der Waals surface area (Å²) in [4.78, 5) is 0. The number of hydrogen-bond acceptors (Lipinski definition) is 0. The summed E-state index contributed by atoms with van der Waals surface area (Å²) in [6.45, 7) is 21.5. The molecule has 0 N–H and O–H groups in total. The molecule has 0 spiro atoms. The molecule has 142 valence electrons. The Hall–Kier alpha value is -1.56. The Morgan fingerprint density at radius 1 is 0.560 bits per heavy atom. The molecule has 0 nitrogen and oxygen atoms in total. The van der Waals surface area contributed by atoms with Gasteiger partial charge in [0.2, 0.25) is 0 Å². The molecule has 2 aromatic carbocycles. The lowest BCUT2D eigenvalue weighted by atomic mass is 9.78. The van der Waals surface area contributed by atoms with Gasteiger partial charge < -0.3 is 0 Å². The van der Waals surface area contributed by atoms with Crippen LogP contribution in [-0.2, 0) is 0 Å². The lowest BCUT2D eigenvalue weighted by molar-refractivity contribution is 0.339. The molecular weight excluding hydrogens is 300 g/mol. The molecule has 0 saturated heterocycles. The molecule has 0 aliphatic rings. The highest BCUT2D eigenvalue weighted by Gasteiger charge is 2.20. The van der Waals surface area contributed by atoms with Crippen molar-refractivity contribution in [2.75, 3.05) is 0 Å². The lowest BCUT2D eigenvalue weighted by Crippen LogP contribution is -2.14. The Kier molecular flexibility index (Phi) is 15.2. The molecule has 0 heteroatoms. The van der Waals surface area contributed by atoms with E-state index in [4.69, 9.17) is 0 Å². The minimum atomic E-state index is 0.362. The molecule has 0 aliphatic carbocycles. The van der Waals surface area contributed by atoms with Crippen LogP contribution in [0.25, 0.3) is 0 Å². The third-order valence-corrected chi connectivity index (χ3v) is 4.06. The van der Waals surface area contributed by atoms with Crippen LogP contribution in [0.5, 0.6) is 0 Å². The van der Waals surface area contributed by atoms with Crippen LogP contribution in [0.3, 0.4) is 0 Å². The molecule has 0 aliphatic heterocycles. The van der Waals surface area contributed by atoms with Crippen molar-refractivity contribution in [2.45, 2.75) is 81.1 Å². The Morgan fingerprint density at radius 2 is 0.880 bits per heavy atom. The van der Waals surface area contributed by atoms with E-state index in [2.05, 4.69) is 96.1 Å². The first-order valence-corrected chi connectivity index (χ1v) is 9.92. The number of hydrogen-bond donors (Lipinski definition) is 0. The van der Waals surface area contributed by atoms with Gasteiger partial charge in [0.05, 0.1) is 0 Å². The van der Waals surface area contributed by atoms with E-state index in [0.717, 1.165) is 0 Å². The predicted molar refractivity (Wildman–Crippen MR) is 118 cm³/mol. The summed E-state index contributed by atoms with van der Waals surface area (Å²) in [6.07, 6.45) is 0. The third kappa shape index (κ3) is 11.6. The monoisotopic (exact) mass is 342 g/mol. The zero-order valence-corrected chi connectivity index (χ0v) is 18.4. The first kappa shape index (κ1) is 25.7. The third-order valence-electron chi connectivity index (χ3n) is 4.06. The van der Waals surface area contributed by atoms with Gasteiger partial charge in [-0.05, 0) is 28.4 Å². The maximum absolute atomic E-state index is 2.29. The van der Waals surface area contributed by atoms with Crippen LogP contribution in [0.2, 0.25) is 0 Å². The summed E-state index contributed by atoms with van der Waals surface area (Å²) >= 11 is 0. The number of benzene rings is 2. The summed E-state index contributed by atoms with van der Waals surface area (Å²) in [7, 11) is 0. The maximum atomic E-state index is 2.29. The fourth-order valence-corrected chi connectivity index (χ4v) is 2.08. The Morgan fingerprint density at radius 3 is 1.12 bits per heavy atom. The molecule has 1 unspecified atom stereocenters. The second kappa shape index (κ2) is 14.8. The van der Waals surface area contributed by atoms with E-state index < -0.39 is 0 Å². The van der Waals surface area contributed by atoms with Gasteiger partial charge in [-0.2, -0.15) is 0 Å². The van der Waals surface area contributed by atoms with Crippen LogP contribution >= 0.6 is 0 Å². The summed E-state index contributed by atoms with van der Waals surface area (Å²) in [5, 5.41) is 0. The van der Waals surface area contributed by atoms with Crippen molar-refractivity contribution in [3.05, 3.63) is 71.8 Å². The number of rotatable bonds is 2. The van der Waals surface area contributed by atoms with Crippen molar-refractivity contribution in [3.8, 4) is 0 Å². The van der Waals surface area contributed by atoms with E-state index in [9.17, 15) is 0 Å². The highest BCUT2D eigenvalue weighted by Crippen LogP contribution is 2.33. The van der Waals surface area contributed by atoms with Gasteiger partial charge in [0.15, 0.2) is 0 Å². The highest BCUT2D eigenvalue weighted by atomic mass is 14.3. The van der Waals surface area contributed by atoms with Gasteiger partial charge in [0.1, 0.15) is 0 Å². The summed E-state index contributed by atoms with van der Waals surface area (Å²) in [6, 6.07) is 21.2. The van der Waals surface area contributed by atoms with Crippen molar-refractivity contribution < 1.29 is 0 Å². The second-order valence-electron chi connectivity index (χ2n) is 7.06. The van der Waals surface area contributed by atoms with Gasteiger partial charge in [-0.1, -0.05) is 130 Å². The SMILES string of the molecule is CC.CC.CC(C)c1ccccc1.CC(c1ccccc1)C(C)(C)C. The fourth-order valence-electron chi connectivity index (χ4n) is 2.08. The average Bonchev–Trinajstić information content (AvgIpc) is 2.65. The van der Waals surface area contributed by atoms with Crippen LogP contribution in [-0.4, -0.2) is 0 Å².